The molecule has 0 unspecified atom stereocenters. The summed E-state index contributed by atoms with van der Waals surface area (Å²) in [5.41, 5.74) is 0.271. The molecule has 0 aromatic carbocycles. The monoisotopic (exact) mass is 214 g/mol. The fourth-order valence-corrected chi connectivity index (χ4v) is 0.209. The van der Waals surface area contributed by atoms with Gasteiger partial charge in [0.05, 0.1) is 0 Å². The second-order valence-electron chi connectivity index (χ2n) is 1.85. The van der Waals surface area contributed by atoms with E-state index in [1.807, 2.05) is 0 Å². The molecule has 0 atom stereocenters. The largest absolute Gasteiger partial charge is 0.466 e. The molecule has 0 fully saturated rings. The van der Waals surface area contributed by atoms with Crippen LogP contribution in [0.15, 0.2) is 12.2 Å². The summed E-state index contributed by atoms with van der Waals surface area (Å²) in [5, 5.41) is 7.73. The zero-order valence-corrected chi connectivity index (χ0v) is 7.77. The highest BCUT2D eigenvalue weighted by Gasteiger charge is 2.03. The van der Waals surface area contributed by atoms with E-state index < -0.39 is 13.8 Å². The van der Waals surface area contributed by atoms with Gasteiger partial charge in [0.2, 0.25) is 0 Å². The first-order valence-electron chi connectivity index (χ1n) is 3.04. The molecule has 7 nitrogen and oxygen atoms in total. The van der Waals surface area contributed by atoms with E-state index in [2.05, 4.69) is 11.5 Å². The zero-order chi connectivity index (χ0) is 11.1. The van der Waals surface area contributed by atoms with E-state index in [4.69, 9.17) is 24.5 Å². The van der Waals surface area contributed by atoms with Crippen molar-refractivity contribution in [2.24, 2.45) is 0 Å². The van der Waals surface area contributed by atoms with E-state index in [1.165, 1.54) is 0 Å². The molecule has 0 aromatic rings. The average Bonchev–Trinajstić information content (AvgIpc) is 1.98. The minimum absolute atomic E-state index is 0.271. The predicted octanol–water partition coefficient (Wildman–Crippen LogP) is 0.0402. The number of hydrogen-bond acceptors (Lipinski definition) is 4. The standard InChI is InChI=1S/C5H8O3.H3O4P/c1-3-4(2)5(6)8-7;1-5(2,3)4/h7H,2-3H2,1H3;(H3,1,2,3,4). The Morgan fingerprint density at radius 1 is 1.46 bits per heavy atom. The Morgan fingerprint density at radius 3 is 1.85 bits per heavy atom. The first kappa shape index (κ1) is 14.8. The minimum Gasteiger partial charge on any atom is -0.303 e. The van der Waals surface area contributed by atoms with E-state index in [0.29, 0.717) is 6.42 Å². The second kappa shape index (κ2) is 6.76. The van der Waals surface area contributed by atoms with Crippen LogP contribution in [0.2, 0.25) is 0 Å². The average molecular weight is 214 g/mol. The molecule has 0 aliphatic heterocycles. The lowest BCUT2D eigenvalue weighted by Crippen LogP contribution is -2.02. The van der Waals surface area contributed by atoms with Gasteiger partial charge in [0.25, 0.3) is 0 Å². The normalized spacial score (nSPS) is 9.62. The summed E-state index contributed by atoms with van der Waals surface area (Å²) in [6.45, 7) is 5.06. The van der Waals surface area contributed by atoms with Crippen molar-refractivity contribution in [1.29, 1.82) is 0 Å². The fraction of sp³-hybridized carbons (Fsp3) is 0.400. The SMILES string of the molecule is C=C(CC)C(=O)OO.O=P(O)(O)O. The van der Waals surface area contributed by atoms with E-state index in [9.17, 15) is 4.79 Å². The Kier molecular flexibility index (Phi) is 7.69. The summed E-state index contributed by atoms with van der Waals surface area (Å²) >= 11 is 0. The van der Waals surface area contributed by atoms with E-state index in [-0.39, 0.29) is 5.57 Å². The highest BCUT2D eigenvalue weighted by Crippen LogP contribution is 2.25. The van der Waals surface area contributed by atoms with Crippen LogP contribution in [-0.4, -0.2) is 25.9 Å². The smallest absolute Gasteiger partial charge is 0.303 e. The van der Waals surface area contributed by atoms with Gasteiger partial charge in [0.15, 0.2) is 0 Å². The van der Waals surface area contributed by atoms with Gasteiger partial charge in [0.1, 0.15) is 0 Å². The Balaban J connectivity index is 0. The third kappa shape index (κ3) is 18.3. The van der Waals surface area contributed by atoms with E-state index >= 15 is 0 Å². The lowest BCUT2D eigenvalue weighted by molar-refractivity contribution is -0.229. The van der Waals surface area contributed by atoms with Crippen molar-refractivity contribution < 1.29 is 34.2 Å². The molecule has 0 rings (SSSR count). The van der Waals surface area contributed by atoms with Gasteiger partial charge in [-0.1, -0.05) is 13.5 Å². The van der Waals surface area contributed by atoms with E-state index in [0.717, 1.165) is 0 Å². The van der Waals surface area contributed by atoms with Crippen LogP contribution in [0.3, 0.4) is 0 Å². The summed E-state index contributed by atoms with van der Waals surface area (Å²) in [7, 11) is -4.64. The van der Waals surface area contributed by atoms with Crippen LogP contribution < -0.4 is 0 Å². The molecule has 13 heavy (non-hydrogen) atoms. The van der Waals surface area contributed by atoms with Crippen LogP contribution in [0.25, 0.3) is 0 Å². The van der Waals surface area contributed by atoms with Gasteiger partial charge < -0.3 is 14.7 Å². The molecular formula is C5H11O7P. The summed E-state index contributed by atoms with van der Waals surface area (Å²) < 4.78 is 8.88. The van der Waals surface area contributed by atoms with Crippen LogP contribution in [0.5, 0.6) is 0 Å². The van der Waals surface area contributed by atoms with Gasteiger partial charge in [0, 0.05) is 5.57 Å². The van der Waals surface area contributed by atoms with Gasteiger partial charge in [-0.2, -0.15) is 5.26 Å². The van der Waals surface area contributed by atoms with Crippen LogP contribution in [0.4, 0.5) is 0 Å². The third-order valence-electron chi connectivity index (χ3n) is 0.798. The van der Waals surface area contributed by atoms with Crippen molar-refractivity contribution in [3.63, 3.8) is 0 Å². The molecule has 0 saturated carbocycles. The van der Waals surface area contributed by atoms with Crippen molar-refractivity contribution in [2.45, 2.75) is 13.3 Å². The molecule has 0 aromatic heterocycles. The molecule has 0 saturated heterocycles. The van der Waals surface area contributed by atoms with Crippen molar-refractivity contribution in [3.05, 3.63) is 12.2 Å². The molecule has 8 heteroatoms. The summed E-state index contributed by atoms with van der Waals surface area (Å²) in [6.07, 6.45) is 0.499. The molecule has 0 aliphatic rings. The first-order chi connectivity index (χ1) is 5.72. The molecule has 0 aliphatic carbocycles. The maximum atomic E-state index is 10.2. The maximum Gasteiger partial charge on any atom is 0.466 e. The molecular weight excluding hydrogens is 203 g/mol. The number of carbonyl (C=O) groups is 1. The van der Waals surface area contributed by atoms with Crippen molar-refractivity contribution >= 4 is 13.8 Å². The lowest BCUT2D eigenvalue weighted by Gasteiger charge is -1.93. The number of phosphoric acid groups is 1. The number of rotatable bonds is 2. The topological polar surface area (TPSA) is 124 Å². The van der Waals surface area contributed by atoms with Gasteiger partial charge in [-0.3, -0.25) is 4.89 Å². The van der Waals surface area contributed by atoms with Crippen molar-refractivity contribution in [1.82, 2.24) is 0 Å². The van der Waals surface area contributed by atoms with Crippen molar-refractivity contribution in [3.8, 4) is 0 Å². The van der Waals surface area contributed by atoms with Crippen LogP contribution in [0.1, 0.15) is 13.3 Å². The molecule has 0 spiro atoms. The minimum atomic E-state index is -4.64. The van der Waals surface area contributed by atoms with Crippen LogP contribution in [0, 0.1) is 0 Å². The quantitative estimate of drug-likeness (QED) is 0.221. The molecule has 78 valence electrons. The maximum absolute atomic E-state index is 10.2. The van der Waals surface area contributed by atoms with E-state index in [1.54, 1.807) is 6.92 Å². The summed E-state index contributed by atoms with van der Waals surface area (Å²) in [4.78, 5) is 35.1. The molecule has 0 bridgehead atoms. The molecule has 0 amide bonds. The number of hydrogen-bond donors (Lipinski definition) is 4. The van der Waals surface area contributed by atoms with Crippen LogP contribution >= 0.6 is 7.82 Å². The Hall–Kier alpha value is -0.720. The fourth-order valence-electron chi connectivity index (χ4n) is 0.209. The molecule has 0 radical (unpaired) electrons. The Bertz CT molecular complexity index is 195. The molecule has 0 heterocycles. The van der Waals surface area contributed by atoms with Gasteiger partial charge in [-0.15, -0.1) is 0 Å². The van der Waals surface area contributed by atoms with Crippen molar-refractivity contribution in [2.75, 3.05) is 0 Å². The van der Waals surface area contributed by atoms with Crippen LogP contribution in [-0.2, 0) is 14.2 Å². The summed E-state index contributed by atoms with van der Waals surface area (Å²) in [6, 6.07) is 0. The Labute approximate surface area is 74.4 Å². The lowest BCUT2D eigenvalue weighted by atomic mass is 10.2. The second-order valence-corrected chi connectivity index (χ2v) is 2.88. The Morgan fingerprint density at radius 2 is 1.77 bits per heavy atom. The number of carbonyl (C=O) groups excluding carboxylic acids is 1. The highest BCUT2D eigenvalue weighted by molar-refractivity contribution is 7.45. The predicted molar refractivity (Wildman–Crippen MR) is 42.4 cm³/mol. The molecule has 4 N–H and O–H groups in total. The highest BCUT2D eigenvalue weighted by atomic mass is 31.2. The third-order valence-corrected chi connectivity index (χ3v) is 0.798. The van der Waals surface area contributed by atoms with Gasteiger partial charge in [-0.05, 0) is 6.42 Å². The summed E-state index contributed by atoms with van der Waals surface area (Å²) in [5.74, 6) is -0.757. The zero-order valence-electron chi connectivity index (χ0n) is 6.88. The van der Waals surface area contributed by atoms with Gasteiger partial charge in [-0.25, -0.2) is 9.36 Å². The van der Waals surface area contributed by atoms with Gasteiger partial charge >= 0.3 is 13.8 Å². The first-order valence-corrected chi connectivity index (χ1v) is 4.60.